The second-order valence-electron chi connectivity index (χ2n) is 9.42. The highest BCUT2D eigenvalue weighted by Gasteiger charge is 2.45. The van der Waals surface area contributed by atoms with Crippen molar-refractivity contribution in [1.82, 2.24) is 13.6 Å². The Balaban J connectivity index is 0.000000587. The molecule has 0 spiro atoms. The predicted molar refractivity (Wildman–Crippen MR) is 141 cm³/mol. The van der Waals surface area contributed by atoms with E-state index in [-0.39, 0.29) is 48.6 Å². The van der Waals surface area contributed by atoms with Crippen LogP contribution in [0.25, 0.3) is 0 Å². The third-order valence-corrected chi connectivity index (χ3v) is 11.9. The largest absolute Gasteiger partial charge is 0.490 e. The van der Waals surface area contributed by atoms with Crippen LogP contribution in [0, 0.1) is 0 Å². The number of pyridine rings is 1. The van der Waals surface area contributed by atoms with Crippen LogP contribution in [0.5, 0.6) is 0 Å². The molecule has 41 heavy (non-hydrogen) atoms. The molecule has 2 aromatic rings. The van der Waals surface area contributed by atoms with Crippen LogP contribution < -0.4 is 5.73 Å². The van der Waals surface area contributed by atoms with E-state index in [0.29, 0.717) is 12.0 Å². The first-order valence-corrected chi connectivity index (χ1v) is 17.0. The van der Waals surface area contributed by atoms with E-state index in [1.54, 1.807) is 6.07 Å². The first-order chi connectivity index (χ1) is 19.0. The molecule has 2 aliphatic heterocycles. The highest BCUT2D eigenvalue weighted by atomic mass is 32.2. The van der Waals surface area contributed by atoms with Crippen LogP contribution in [-0.2, 0) is 41.2 Å². The Kier molecular flexibility index (Phi) is 10.2. The molecule has 4 rings (SSSR count). The SMILES string of the molecule is NCc1ccnc(S(=O)(=O)C[C@@H]2C[C@H](c3ccccc3)CN2S(=O)(=O)N2CCS(=O)(=O)CC2)c1.O=C(O)C(F)(F)F. The summed E-state index contributed by atoms with van der Waals surface area (Å²) in [6.07, 6.45) is -3.38. The number of alkyl halides is 3. The first kappa shape index (κ1) is 32.9. The third kappa shape index (κ3) is 8.45. The molecule has 2 saturated heterocycles. The average Bonchev–Trinajstić information content (AvgIpc) is 3.33. The summed E-state index contributed by atoms with van der Waals surface area (Å²) in [6, 6.07) is 11.6. The summed E-state index contributed by atoms with van der Waals surface area (Å²) in [7, 11) is -11.3. The second kappa shape index (κ2) is 12.7. The summed E-state index contributed by atoms with van der Waals surface area (Å²) >= 11 is 0. The van der Waals surface area contributed by atoms with E-state index < -0.39 is 53.8 Å². The highest BCUT2D eigenvalue weighted by Crippen LogP contribution is 2.36. The molecule has 18 heteroatoms. The van der Waals surface area contributed by atoms with Crippen molar-refractivity contribution in [3.8, 4) is 0 Å². The number of rotatable bonds is 7. The molecule has 1 aromatic carbocycles. The molecule has 3 N–H and O–H groups in total. The maximum absolute atomic E-state index is 13.5. The number of aromatic nitrogens is 1. The lowest BCUT2D eigenvalue weighted by molar-refractivity contribution is -0.192. The molecule has 1 aromatic heterocycles. The molecular weight excluding hydrogens is 613 g/mol. The third-order valence-electron chi connectivity index (χ3n) is 6.57. The van der Waals surface area contributed by atoms with E-state index in [2.05, 4.69) is 4.98 Å². The van der Waals surface area contributed by atoms with Gasteiger partial charge in [-0.05, 0) is 35.6 Å². The van der Waals surface area contributed by atoms with Gasteiger partial charge >= 0.3 is 12.1 Å². The predicted octanol–water partition coefficient (Wildman–Crippen LogP) is 0.781. The van der Waals surface area contributed by atoms with Crippen molar-refractivity contribution in [1.29, 1.82) is 0 Å². The van der Waals surface area contributed by atoms with E-state index in [4.69, 9.17) is 15.6 Å². The molecule has 0 aliphatic carbocycles. The van der Waals surface area contributed by atoms with Crippen LogP contribution in [0.2, 0.25) is 0 Å². The molecule has 2 aliphatic rings. The van der Waals surface area contributed by atoms with Gasteiger partial charge in [0.25, 0.3) is 10.2 Å². The van der Waals surface area contributed by atoms with Gasteiger partial charge in [0.05, 0.1) is 17.3 Å². The number of halogens is 3. The highest BCUT2D eigenvalue weighted by molar-refractivity contribution is 7.92. The number of carboxylic acids is 1. The maximum Gasteiger partial charge on any atom is 0.490 e. The summed E-state index contributed by atoms with van der Waals surface area (Å²) in [4.78, 5) is 12.9. The van der Waals surface area contributed by atoms with Crippen molar-refractivity contribution >= 4 is 35.9 Å². The first-order valence-electron chi connectivity index (χ1n) is 12.2. The van der Waals surface area contributed by atoms with Crippen LogP contribution in [-0.4, -0.2) is 99.0 Å². The van der Waals surface area contributed by atoms with Crippen LogP contribution in [0.15, 0.2) is 53.7 Å². The van der Waals surface area contributed by atoms with Crippen molar-refractivity contribution in [3.05, 3.63) is 59.8 Å². The fourth-order valence-corrected chi connectivity index (χ4v) is 9.37. The lowest BCUT2D eigenvalue weighted by Crippen LogP contribution is -2.52. The zero-order chi connectivity index (χ0) is 30.6. The molecule has 0 amide bonds. The Morgan fingerprint density at radius 3 is 2.20 bits per heavy atom. The Labute approximate surface area is 236 Å². The number of hydrogen-bond donors (Lipinski definition) is 2. The quantitative estimate of drug-likeness (QED) is 0.437. The smallest absolute Gasteiger partial charge is 0.475 e. The second-order valence-corrected chi connectivity index (χ2v) is 15.6. The summed E-state index contributed by atoms with van der Waals surface area (Å²) in [5.41, 5.74) is 7.17. The zero-order valence-electron chi connectivity index (χ0n) is 21.5. The van der Waals surface area contributed by atoms with Gasteiger partial charge in [0.1, 0.15) is 0 Å². The van der Waals surface area contributed by atoms with Gasteiger partial charge in [-0.3, -0.25) is 0 Å². The topological polar surface area (TPSA) is 185 Å². The van der Waals surface area contributed by atoms with Gasteiger partial charge < -0.3 is 10.8 Å². The van der Waals surface area contributed by atoms with Crippen molar-refractivity contribution in [2.75, 3.05) is 36.9 Å². The molecule has 0 saturated carbocycles. The minimum Gasteiger partial charge on any atom is -0.475 e. The Hall–Kier alpha value is -2.64. The van der Waals surface area contributed by atoms with Crippen molar-refractivity contribution in [2.24, 2.45) is 5.73 Å². The zero-order valence-corrected chi connectivity index (χ0v) is 24.0. The minimum absolute atomic E-state index is 0.117. The van der Waals surface area contributed by atoms with Gasteiger partial charge in [0.2, 0.25) is 0 Å². The van der Waals surface area contributed by atoms with Gasteiger partial charge in [-0.1, -0.05) is 30.3 Å². The van der Waals surface area contributed by atoms with E-state index in [9.17, 15) is 38.4 Å². The van der Waals surface area contributed by atoms with Gasteiger partial charge in [-0.2, -0.15) is 30.2 Å². The Morgan fingerprint density at radius 2 is 1.66 bits per heavy atom. The van der Waals surface area contributed by atoms with E-state index >= 15 is 0 Å². The molecule has 228 valence electrons. The van der Waals surface area contributed by atoms with Crippen molar-refractivity contribution < 1.29 is 48.3 Å². The summed E-state index contributed by atoms with van der Waals surface area (Å²) in [6.45, 7) is -0.0115. The van der Waals surface area contributed by atoms with Gasteiger partial charge in [-0.15, -0.1) is 0 Å². The molecule has 2 atom stereocenters. The van der Waals surface area contributed by atoms with Crippen LogP contribution in [0.4, 0.5) is 13.2 Å². The molecule has 12 nitrogen and oxygen atoms in total. The fourth-order valence-electron chi connectivity index (χ4n) is 4.45. The number of carbonyl (C=O) groups is 1. The van der Waals surface area contributed by atoms with Crippen molar-refractivity contribution in [2.45, 2.75) is 36.1 Å². The van der Waals surface area contributed by atoms with Gasteiger partial charge in [0.15, 0.2) is 24.7 Å². The summed E-state index contributed by atoms with van der Waals surface area (Å²) in [5, 5.41) is 6.99. The summed E-state index contributed by atoms with van der Waals surface area (Å²) < 4.78 is 111. The average molecular weight is 643 g/mol. The number of aliphatic carboxylic acids is 1. The Morgan fingerprint density at radius 1 is 1.07 bits per heavy atom. The minimum atomic E-state index is -5.08. The van der Waals surface area contributed by atoms with Crippen LogP contribution >= 0.6 is 0 Å². The maximum atomic E-state index is 13.5. The van der Waals surface area contributed by atoms with Crippen LogP contribution in [0.1, 0.15) is 23.5 Å². The van der Waals surface area contributed by atoms with E-state index in [1.165, 1.54) is 16.6 Å². The van der Waals surface area contributed by atoms with Crippen LogP contribution in [0.3, 0.4) is 0 Å². The number of carboxylic acid groups (broad SMARTS) is 1. The molecular formula is C23H29F3N4O8S3. The number of sulfone groups is 2. The molecule has 0 unspecified atom stereocenters. The number of benzene rings is 1. The lowest BCUT2D eigenvalue weighted by Gasteiger charge is -2.32. The van der Waals surface area contributed by atoms with Gasteiger partial charge in [0, 0.05) is 38.4 Å². The number of nitrogens with two attached hydrogens (primary N) is 1. The molecule has 3 heterocycles. The fraction of sp³-hybridized carbons (Fsp3) is 0.478. The molecule has 0 bridgehead atoms. The summed E-state index contributed by atoms with van der Waals surface area (Å²) in [5.74, 6) is -3.87. The lowest BCUT2D eigenvalue weighted by atomic mass is 9.97. The molecule has 2 fully saturated rings. The number of hydrogen-bond acceptors (Lipinski definition) is 9. The van der Waals surface area contributed by atoms with E-state index in [0.717, 1.165) is 9.87 Å². The van der Waals surface area contributed by atoms with Gasteiger partial charge in [-0.25, -0.2) is 26.6 Å². The Bertz CT molecular complexity index is 1540. The molecule has 0 radical (unpaired) electrons. The van der Waals surface area contributed by atoms with Crippen molar-refractivity contribution in [3.63, 3.8) is 0 Å². The van der Waals surface area contributed by atoms with E-state index in [1.807, 2.05) is 30.3 Å². The monoisotopic (exact) mass is 642 g/mol. The standard InChI is InChI=1S/C21H28N4O6S3.C2HF3O2/c22-14-17-6-7-23-21(12-17)33(28,29)16-20-13-19(18-4-2-1-3-5-18)15-25(20)34(30,31)24-8-10-32(26,27)11-9-24;3-2(4,5)1(6)7/h1-7,12,19-20H,8-11,13-16,22H2;(H,6,7)/t19-,20-;/m0./s1. The number of nitrogens with zero attached hydrogens (tertiary/aromatic N) is 3. The normalized spacial score (nSPS) is 22.0.